The van der Waals surface area contributed by atoms with Crippen LogP contribution in [0, 0.1) is 18.8 Å². The van der Waals surface area contributed by atoms with Gasteiger partial charge in [-0.15, -0.1) is 0 Å². The highest BCUT2D eigenvalue weighted by Crippen LogP contribution is 2.26. The molecule has 0 unspecified atom stereocenters. The number of hydrogen-bond donors (Lipinski definition) is 1. The number of carbonyl (C=O) groups is 1. The molecule has 1 saturated heterocycles. The standard InChI is InChI=1S/C18H28N2O/c1-5-19-16-6-7-17(14(4)12-16)18(21)20-10-8-15(9-11-20)13(2)3/h6-7,12-13,15,19H,5,8-11H2,1-4H3. The highest BCUT2D eigenvalue weighted by atomic mass is 16.2. The average Bonchev–Trinajstić information content (AvgIpc) is 2.47. The Labute approximate surface area is 128 Å². The van der Waals surface area contributed by atoms with Crippen molar-refractivity contribution in [3.63, 3.8) is 0 Å². The lowest BCUT2D eigenvalue weighted by atomic mass is 9.86. The number of aryl methyl sites for hydroxylation is 1. The van der Waals surface area contributed by atoms with Crippen molar-refractivity contribution in [2.45, 2.75) is 40.5 Å². The predicted octanol–water partition coefficient (Wildman–Crippen LogP) is 3.94. The van der Waals surface area contributed by atoms with E-state index in [4.69, 9.17) is 0 Å². The Morgan fingerprint density at radius 3 is 2.52 bits per heavy atom. The summed E-state index contributed by atoms with van der Waals surface area (Å²) < 4.78 is 0. The number of piperidine rings is 1. The average molecular weight is 288 g/mol. The fourth-order valence-corrected chi connectivity index (χ4v) is 3.16. The topological polar surface area (TPSA) is 32.3 Å². The van der Waals surface area contributed by atoms with Crippen LogP contribution in [0.2, 0.25) is 0 Å². The molecule has 0 aromatic heterocycles. The molecule has 0 aliphatic carbocycles. The summed E-state index contributed by atoms with van der Waals surface area (Å²) >= 11 is 0. The SMILES string of the molecule is CCNc1ccc(C(=O)N2CCC(C(C)C)CC2)c(C)c1. The lowest BCUT2D eigenvalue weighted by molar-refractivity contribution is 0.0667. The van der Waals surface area contributed by atoms with Crippen molar-refractivity contribution < 1.29 is 4.79 Å². The second-order valence-corrected chi connectivity index (χ2v) is 6.43. The molecule has 21 heavy (non-hydrogen) atoms. The largest absolute Gasteiger partial charge is 0.385 e. The Balaban J connectivity index is 2.04. The van der Waals surface area contributed by atoms with E-state index in [-0.39, 0.29) is 5.91 Å². The minimum absolute atomic E-state index is 0.192. The number of benzene rings is 1. The van der Waals surface area contributed by atoms with Crippen molar-refractivity contribution >= 4 is 11.6 Å². The van der Waals surface area contributed by atoms with Crippen LogP contribution in [-0.4, -0.2) is 30.4 Å². The number of rotatable bonds is 4. The van der Waals surface area contributed by atoms with Crippen molar-refractivity contribution in [2.24, 2.45) is 11.8 Å². The zero-order valence-electron chi connectivity index (χ0n) is 13.8. The molecule has 3 nitrogen and oxygen atoms in total. The van der Waals surface area contributed by atoms with Crippen molar-refractivity contribution in [1.29, 1.82) is 0 Å². The maximum Gasteiger partial charge on any atom is 0.254 e. The van der Waals surface area contributed by atoms with Gasteiger partial charge in [0.1, 0.15) is 0 Å². The summed E-state index contributed by atoms with van der Waals surface area (Å²) in [4.78, 5) is 14.7. The summed E-state index contributed by atoms with van der Waals surface area (Å²) in [6, 6.07) is 6.03. The molecule has 1 fully saturated rings. The Morgan fingerprint density at radius 2 is 2.00 bits per heavy atom. The Hall–Kier alpha value is -1.51. The lowest BCUT2D eigenvalue weighted by Gasteiger charge is -2.34. The van der Waals surface area contributed by atoms with Crippen LogP contribution in [0.1, 0.15) is 49.5 Å². The highest BCUT2D eigenvalue weighted by molar-refractivity contribution is 5.96. The van der Waals surface area contributed by atoms with Crippen LogP contribution in [0.25, 0.3) is 0 Å². The van der Waals surface area contributed by atoms with Gasteiger partial charge in [0.05, 0.1) is 0 Å². The van der Waals surface area contributed by atoms with Gasteiger partial charge in [0, 0.05) is 30.9 Å². The third-order valence-corrected chi connectivity index (χ3v) is 4.61. The van der Waals surface area contributed by atoms with E-state index in [1.807, 2.05) is 24.0 Å². The predicted molar refractivity (Wildman–Crippen MR) is 88.8 cm³/mol. The Kier molecular flexibility index (Phi) is 5.27. The summed E-state index contributed by atoms with van der Waals surface area (Å²) in [5, 5.41) is 3.29. The second-order valence-electron chi connectivity index (χ2n) is 6.43. The van der Waals surface area contributed by atoms with E-state index in [0.29, 0.717) is 0 Å². The third kappa shape index (κ3) is 3.78. The highest BCUT2D eigenvalue weighted by Gasteiger charge is 2.25. The lowest BCUT2D eigenvalue weighted by Crippen LogP contribution is -2.39. The first-order valence-corrected chi connectivity index (χ1v) is 8.16. The monoisotopic (exact) mass is 288 g/mol. The maximum atomic E-state index is 12.7. The molecule has 0 bridgehead atoms. The van der Waals surface area contributed by atoms with Gasteiger partial charge < -0.3 is 10.2 Å². The molecular weight excluding hydrogens is 260 g/mol. The van der Waals surface area contributed by atoms with Gasteiger partial charge in [0.25, 0.3) is 5.91 Å². The molecule has 1 aromatic rings. The van der Waals surface area contributed by atoms with E-state index in [0.717, 1.165) is 61.1 Å². The number of nitrogens with zero attached hydrogens (tertiary/aromatic N) is 1. The van der Waals surface area contributed by atoms with E-state index in [9.17, 15) is 4.79 Å². The van der Waals surface area contributed by atoms with Crippen LogP contribution in [-0.2, 0) is 0 Å². The van der Waals surface area contributed by atoms with Crippen LogP contribution in [0.5, 0.6) is 0 Å². The number of anilines is 1. The molecule has 1 aromatic carbocycles. The van der Waals surface area contributed by atoms with Crippen molar-refractivity contribution in [3.05, 3.63) is 29.3 Å². The molecule has 0 atom stereocenters. The van der Waals surface area contributed by atoms with Crippen molar-refractivity contribution in [2.75, 3.05) is 25.0 Å². The molecule has 1 heterocycles. The summed E-state index contributed by atoms with van der Waals surface area (Å²) in [7, 11) is 0. The molecule has 1 aliphatic rings. The van der Waals surface area contributed by atoms with E-state index in [1.54, 1.807) is 0 Å². The number of carbonyl (C=O) groups excluding carboxylic acids is 1. The summed E-state index contributed by atoms with van der Waals surface area (Å²) in [6.07, 6.45) is 2.27. The fraction of sp³-hybridized carbons (Fsp3) is 0.611. The van der Waals surface area contributed by atoms with Gasteiger partial charge >= 0.3 is 0 Å². The van der Waals surface area contributed by atoms with Gasteiger partial charge in [0.2, 0.25) is 0 Å². The molecule has 116 valence electrons. The fourth-order valence-electron chi connectivity index (χ4n) is 3.16. The first-order chi connectivity index (χ1) is 10.0. The zero-order chi connectivity index (χ0) is 15.4. The van der Waals surface area contributed by atoms with Gasteiger partial charge in [-0.1, -0.05) is 13.8 Å². The summed E-state index contributed by atoms with van der Waals surface area (Å²) in [5.41, 5.74) is 2.99. The molecule has 1 aliphatic heterocycles. The minimum Gasteiger partial charge on any atom is -0.385 e. The molecule has 2 rings (SSSR count). The van der Waals surface area contributed by atoms with E-state index in [1.165, 1.54) is 0 Å². The van der Waals surface area contributed by atoms with Gasteiger partial charge in [-0.3, -0.25) is 4.79 Å². The van der Waals surface area contributed by atoms with Crippen LogP contribution in [0.4, 0.5) is 5.69 Å². The van der Waals surface area contributed by atoms with Crippen molar-refractivity contribution in [1.82, 2.24) is 4.90 Å². The van der Waals surface area contributed by atoms with E-state index in [2.05, 4.69) is 32.2 Å². The van der Waals surface area contributed by atoms with Gasteiger partial charge in [0.15, 0.2) is 0 Å². The number of hydrogen-bond acceptors (Lipinski definition) is 2. The first-order valence-electron chi connectivity index (χ1n) is 8.16. The summed E-state index contributed by atoms with van der Waals surface area (Å²) in [5.74, 6) is 1.69. The molecule has 0 radical (unpaired) electrons. The maximum absolute atomic E-state index is 12.7. The number of likely N-dealkylation sites (tertiary alicyclic amines) is 1. The van der Waals surface area contributed by atoms with Crippen molar-refractivity contribution in [3.8, 4) is 0 Å². The van der Waals surface area contributed by atoms with E-state index >= 15 is 0 Å². The van der Waals surface area contributed by atoms with E-state index < -0.39 is 0 Å². The third-order valence-electron chi connectivity index (χ3n) is 4.61. The smallest absolute Gasteiger partial charge is 0.254 e. The molecule has 0 saturated carbocycles. The molecule has 0 spiro atoms. The minimum atomic E-state index is 0.192. The quantitative estimate of drug-likeness (QED) is 0.910. The van der Waals surface area contributed by atoms with Gasteiger partial charge in [-0.05, 0) is 62.3 Å². The molecular formula is C18H28N2O. The van der Waals surface area contributed by atoms with Crippen LogP contribution in [0.3, 0.4) is 0 Å². The zero-order valence-corrected chi connectivity index (χ0v) is 13.8. The molecule has 1 amide bonds. The number of amides is 1. The van der Waals surface area contributed by atoms with Gasteiger partial charge in [-0.25, -0.2) is 0 Å². The van der Waals surface area contributed by atoms with Crippen LogP contribution < -0.4 is 5.32 Å². The van der Waals surface area contributed by atoms with Crippen LogP contribution in [0.15, 0.2) is 18.2 Å². The first kappa shape index (κ1) is 15.9. The number of nitrogens with one attached hydrogen (secondary N) is 1. The Morgan fingerprint density at radius 1 is 1.33 bits per heavy atom. The molecule has 1 N–H and O–H groups in total. The normalized spacial score (nSPS) is 16.3. The summed E-state index contributed by atoms with van der Waals surface area (Å²) in [6.45, 7) is 11.4. The second kappa shape index (κ2) is 6.97. The molecule has 3 heteroatoms. The van der Waals surface area contributed by atoms with Gasteiger partial charge in [-0.2, -0.15) is 0 Å². The van der Waals surface area contributed by atoms with Crippen LogP contribution >= 0.6 is 0 Å². The Bertz CT molecular complexity index is 488.